The maximum Gasteiger partial charge on any atom is 0.197 e. The normalized spacial score (nSPS) is 15.7. The van der Waals surface area contributed by atoms with E-state index in [1.807, 2.05) is 12.1 Å². The number of anilines is 1. The van der Waals surface area contributed by atoms with E-state index in [0.717, 1.165) is 21.7 Å². The number of rotatable bonds is 4. The first kappa shape index (κ1) is 13.9. The first-order valence-electron chi connectivity index (χ1n) is 7.14. The first-order chi connectivity index (χ1) is 9.79. The smallest absolute Gasteiger partial charge is 0.197 e. The first-order valence-corrected chi connectivity index (χ1v) is 8.22. The van der Waals surface area contributed by atoms with Crippen molar-refractivity contribution in [2.45, 2.75) is 38.5 Å². The second kappa shape index (κ2) is 6.11. The molecular weight excluding hydrogens is 365 g/mol. The molecule has 20 heavy (non-hydrogen) atoms. The van der Waals surface area contributed by atoms with Crippen LogP contribution in [0.4, 0.5) is 5.82 Å². The monoisotopic (exact) mass is 383 g/mol. The molecular formula is C15H18IN3O. The van der Waals surface area contributed by atoms with Crippen molar-refractivity contribution in [3.63, 3.8) is 0 Å². The van der Waals surface area contributed by atoms with Crippen molar-refractivity contribution in [2.75, 3.05) is 11.9 Å². The summed E-state index contributed by atoms with van der Waals surface area (Å²) in [6.45, 7) is 2.94. The molecule has 4 nitrogen and oxygen atoms in total. The van der Waals surface area contributed by atoms with Gasteiger partial charge in [-0.1, -0.05) is 12.8 Å². The summed E-state index contributed by atoms with van der Waals surface area (Å²) >= 11 is 2.37. The van der Waals surface area contributed by atoms with Crippen LogP contribution < -0.4 is 5.32 Å². The van der Waals surface area contributed by atoms with Crippen molar-refractivity contribution in [3.05, 3.63) is 27.7 Å². The number of aromatic nitrogens is 2. The molecule has 1 fully saturated rings. The van der Waals surface area contributed by atoms with Crippen LogP contribution in [0.3, 0.4) is 0 Å². The van der Waals surface area contributed by atoms with Gasteiger partial charge in [-0.2, -0.15) is 0 Å². The van der Waals surface area contributed by atoms with E-state index in [0.29, 0.717) is 11.7 Å². The van der Waals surface area contributed by atoms with Gasteiger partial charge in [-0.25, -0.2) is 9.97 Å². The molecule has 0 unspecified atom stereocenters. The number of halogens is 1. The van der Waals surface area contributed by atoms with Gasteiger partial charge in [0.05, 0.1) is 15.5 Å². The van der Waals surface area contributed by atoms with E-state index in [1.54, 1.807) is 6.26 Å². The molecule has 5 heteroatoms. The van der Waals surface area contributed by atoms with Gasteiger partial charge in [0.2, 0.25) is 0 Å². The summed E-state index contributed by atoms with van der Waals surface area (Å²) < 4.78 is 6.61. The molecule has 0 spiro atoms. The number of hydrogen-bond acceptors (Lipinski definition) is 4. The van der Waals surface area contributed by atoms with E-state index >= 15 is 0 Å². The Morgan fingerprint density at radius 3 is 2.80 bits per heavy atom. The molecule has 0 aliphatic heterocycles. The molecule has 0 aromatic carbocycles. The van der Waals surface area contributed by atoms with Crippen molar-refractivity contribution in [3.8, 4) is 11.6 Å². The second-order valence-corrected chi connectivity index (χ2v) is 6.16. The van der Waals surface area contributed by atoms with Gasteiger partial charge in [-0.3, -0.25) is 0 Å². The van der Waals surface area contributed by atoms with E-state index in [1.165, 1.54) is 31.4 Å². The molecule has 106 valence electrons. The number of nitrogens with zero attached hydrogens (tertiary/aromatic N) is 2. The van der Waals surface area contributed by atoms with Crippen LogP contribution in [-0.2, 0) is 0 Å². The maximum atomic E-state index is 5.45. The lowest BCUT2D eigenvalue weighted by Gasteiger charge is -2.15. The van der Waals surface area contributed by atoms with Gasteiger partial charge in [0, 0.05) is 12.5 Å². The Morgan fingerprint density at radius 2 is 2.15 bits per heavy atom. The highest BCUT2D eigenvalue weighted by atomic mass is 127. The lowest BCUT2D eigenvalue weighted by Crippen LogP contribution is -2.10. The van der Waals surface area contributed by atoms with E-state index in [4.69, 9.17) is 9.40 Å². The topological polar surface area (TPSA) is 51.0 Å². The van der Waals surface area contributed by atoms with Gasteiger partial charge in [0.15, 0.2) is 11.6 Å². The number of furan rings is 1. The summed E-state index contributed by atoms with van der Waals surface area (Å²) in [6, 6.07) is 3.79. The zero-order chi connectivity index (χ0) is 13.9. The molecule has 0 atom stereocenters. The van der Waals surface area contributed by atoms with Crippen molar-refractivity contribution < 1.29 is 4.42 Å². The highest BCUT2D eigenvalue weighted by Crippen LogP contribution is 2.37. The largest absolute Gasteiger partial charge is 0.461 e. The van der Waals surface area contributed by atoms with Gasteiger partial charge in [0.25, 0.3) is 0 Å². The van der Waals surface area contributed by atoms with Gasteiger partial charge >= 0.3 is 0 Å². The third-order valence-electron chi connectivity index (χ3n) is 3.70. The van der Waals surface area contributed by atoms with Gasteiger partial charge in [-0.15, -0.1) is 0 Å². The standard InChI is InChI=1S/C15H18IN3O/c1-2-17-15-12(16)13(10-6-3-4-7-10)18-14(19-15)11-8-5-9-20-11/h5,8-10H,2-4,6-7H2,1H3,(H,17,18,19). The molecule has 0 saturated heterocycles. The van der Waals surface area contributed by atoms with Crippen LogP contribution in [0.15, 0.2) is 22.8 Å². The van der Waals surface area contributed by atoms with E-state index in [2.05, 4.69) is 39.8 Å². The van der Waals surface area contributed by atoms with Crippen LogP contribution in [-0.4, -0.2) is 16.5 Å². The van der Waals surface area contributed by atoms with Crippen LogP contribution in [0.1, 0.15) is 44.2 Å². The minimum absolute atomic E-state index is 0.566. The predicted octanol–water partition coefficient (Wildman–Crippen LogP) is 4.43. The average molecular weight is 383 g/mol. The molecule has 1 aliphatic carbocycles. The van der Waals surface area contributed by atoms with E-state index < -0.39 is 0 Å². The lowest BCUT2D eigenvalue weighted by atomic mass is 10.0. The van der Waals surface area contributed by atoms with Crippen LogP contribution in [0.25, 0.3) is 11.6 Å². The van der Waals surface area contributed by atoms with E-state index in [9.17, 15) is 0 Å². The molecule has 1 aliphatic rings. The average Bonchev–Trinajstić information content (AvgIpc) is 3.14. The highest BCUT2D eigenvalue weighted by Gasteiger charge is 2.24. The van der Waals surface area contributed by atoms with Crippen molar-refractivity contribution >= 4 is 28.4 Å². The quantitative estimate of drug-likeness (QED) is 0.794. The van der Waals surface area contributed by atoms with Gasteiger partial charge in [0.1, 0.15) is 5.82 Å². The summed E-state index contributed by atoms with van der Waals surface area (Å²) in [7, 11) is 0. The van der Waals surface area contributed by atoms with Crippen molar-refractivity contribution in [1.29, 1.82) is 0 Å². The Kier molecular flexibility index (Phi) is 4.24. The minimum atomic E-state index is 0.566. The third kappa shape index (κ3) is 2.68. The zero-order valence-corrected chi connectivity index (χ0v) is 13.7. The van der Waals surface area contributed by atoms with Crippen LogP contribution in [0, 0.1) is 3.57 Å². The summed E-state index contributed by atoms with van der Waals surface area (Å²) in [4.78, 5) is 9.40. The Balaban J connectivity index is 2.07. The molecule has 1 N–H and O–H groups in total. The van der Waals surface area contributed by atoms with Crippen LogP contribution in [0.5, 0.6) is 0 Å². The van der Waals surface area contributed by atoms with Crippen LogP contribution in [0.2, 0.25) is 0 Å². The molecule has 0 radical (unpaired) electrons. The SMILES string of the molecule is CCNc1nc(-c2ccco2)nc(C2CCCC2)c1I. The van der Waals surface area contributed by atoms with Gasteiger partial charge in [-0.05, 0) is 54.5 Å². The van der Waals surface area contributed by atoms with Crippen molar-refractivity contribution in [2.24, 2.45) is 0 Å². The predicted molar refractivity (Wildman–Crippen MR) is 87.8 cm³/mol. The minimum Gasteiger partial charge on any atom is -0.461 e. The number of nitrogens with one attached hydrogen (secondary N) is 1. The second-order valence-electron chi connectivity index (χ2n) is 5.08. The summed E-state index contributed by atoms with van der Waals surface area (Å²) in [5, 5.41) is 3.34. The lowest BCUT2D eigenvalue weighted by molar-refractivity contribution is 0.575. The third-order valence-corrected chi connectivity index (χ3v) is 4.77. The summed E-state index contributed by atoms with van der Waals surface area (Å²) in [5.74, 6) is 2.92. The Hall–Kier alpha value is -1.11. The maximum absolute atomic E-state index is 5.45. The molecule has 2 aromatic rings. The summed E-state index contributed by atoms with van der Waals surface area (Å²) in [5.41, 5.74) is 1.18. The fraction of sp³-hybridized carbons (Fsp3) is 0.467. The number of hydrogen-bond donors (Lipinski definition) is 1. The van der Waals surface area contributed by atoms with E-state index in [-0.39, 0.29) is 0 Å². The Morgan fingerprint density at radius 1 is 1.35 bits per heavy atom. The molecule has 3 rings (SSSR count). The van der Waals surface area contributed by atoms with Crippen molar-refractivity contribution in [1.82, 2.24) is 9.97 Å². The van der Waals surface area contributed by atoms with Crippen LogP contribution >= 0.6 is 22.6 Å². The molecule has 0 amide bonds. The Labute approximate surface area is 132 Å². The van der Waals surface area contributed by atoms with Gasteiger partial charge < -0.3 is 9.73 Å². The molecule has 2 heterocycles. The summed E-state index contributed by atoms with van der Waals surface area (Å²) in [6.07, 6.45) is 6.74. The molecule has 2 aromatic heterocycles. The molecule has 1 saturated carbocycles. The fourth-order valence-electron chi connectivity index (χ4n) is 2.73. The molecule has 0 bridgehead atoms. The Bertz CT molecular complexity index is 577. The zero-order valence-electron chi connectivity index (χ0n) is 11.5. The fourth-order valence-corrected chi connectivity index (χ4v) is 3.61. The highest BCUT2D eigenvalue weighted by molar-refractivity contribution is 14.1.